The summed E-state index contributed by atoms with van der Waals surface area (Å²) in [5, 5.41) is 6.78. The molecular formula is C17H22N2OS. The van der Waals surface area contributed by atoms with Crippen LogP contribution in [0.3, 0.4) is 0 Å². The Morgan fingerprint density at radius 1 is 1.29 bits per heavy atom. The van der Waals surface area contributed by atoms with E-state index in [1.807, 2.05) is 12.1 Å². The Hall–Kier alpha value is -1.39. The first kappa shape index (κ1) is 14.5. The molecule has 2 aromatic rings. The standard InChI is InChI=1S/C17H22N2OS/c1-12(2)17-19-15(11-21-17)10-20-16-7-3-13(4-8-16)9-18-14-5-6-14/h3-4,7-8,11-12,14,18H,5-6,9-10H2,1-2H3. The highest BCUT2D eigenvalue weighted by Gasteiger charge is 2.19. The van der Waals surface area contributed by atoms with E-state index in [-0.39, 0.29) is 0 Å². The normalized spacial score (nSPS) is 14.6. The SMILES string of the molecule is CC(C)c1nc(COc2ccc(CNC3CC3)cc2)cs1. The van der Waals surface area contributed by atoms with Crippen LogP contribution < -0.4 is 10.1 Å². The largest absolute Gasteiger partial charge is 0.487 e. The second kappa shape index (κ2) is 6.58. The minimum absolute atomic E-state index is 0.488. The van der Waals surface area contributed by atoms with Gasteiger partial charge in [0.2, 0.25) is 0 Å². The summed E-state index contributed by atoms with van der Waals surface area (Å²) in [6.07, 6.45) is 2.65. The fraction of sp³-hybridized carbons (Fsp3) is 0.471. The summed E-state index contributed by atoms with van der Waals surface area (Å²) in [4.78, 5) is 4.58. The van der Waals surface area contributed by atoms with Crippen molar-refractivity contribution in [3.8, 4) is 5.75 Å². The third-order valence-corrected chi connectivity index (χ3v) is 4.74. The predicted octanol–water partition coefficient (Wildman–Crippen LogP) is 4.10. The summed E-state index contributed by atoms with van der Waals surface area (Å²) in [6, 6.07) is 9.09. The lowest BCUT2D eigenvalue weighted by Gasteiger charge is -2.07. The van der Waals surface area contributed by atoms with E-state index in [4.69, 9.17) is 4.74 Å². The zero-order valence-corrected chi connectivity index (χ0v) is 13.5. The number of thiazole rings is 1. The summed E-state index contributed by atoms with van der Waals surface area (Å²) in [5.74, 6) is 1.39. The molecule has 4 heteroatoms. The smallest absolute Gasteiger partial charge is 0.131 e. The highest BCUT2D eigenvalue weighted by atomic mass is 32.1. The van der Waals surface area contributed by atoms with Crippen LogP contribution in [0, 0.1) is 0 Å². The van der Waals surface area contributed by atoms with Crippen molar-refractivity contribution in [3.05, 3.63) is 45.9 Å². The van der Waals surface area contributed by atoms with E-state index in [2.05, 4.69) is 41.7 Å². The van der Waals surface area contributed by atoms with Crippen LogP contribution in [0.25, 0.3) is 0 Å². The second-order valence-electron chi connectivity index (χ2n) is 5.92. The average Bonchev–Trinajstić information content (AvgIpc) is 3.19. The van der Waals surface area contributed by atoms with Crippen LogP contribution in [0.2, 0.25) is 0 Å². The van der Waals surface area contributed by atoms with E-state index in [0.717, 1.165) is 24.0 Å². The number of rotatable bonds is 7. The van der Waals surface area contributed by atoms with Gasteiger partial charge in [-0.25, -0.2) is 4.98 Å². The molecule has 1 fully saturated rings. The zero-order valence-electron chi connectivity index (χ0n) is 12.6. The van der Waals surface area contributed by atoms with E-state index in [1.165, 1.54) is 23.4 Å². The summed E-state index contributed by atoms with van der Waals surface area (Å²) in [7, 11) is 0. The average molecular weight is 302 g/mol. The quantitative estimate of drug-likeness (QED) is 0.836. The van der Waals surface area contributed by atoms with Crippen molar-refractivity contribution in [3.63, 3.8) is 0 Å². The molecule has 0 unspecified atom stereocenters. The molecule has 0 spiro atoms. The van der Waals surface area contributed by atoms with Gasteiger partial charge < -0.3 is 10.1 Å². The molecule has 0 atom stereocenters. The highest BCUT2D eigenvalue weighted by molar-refractivity contribution is 7.09. The fourth-order valence-electron chi connectivity index (χ4n) is 2.06. The molecule has 21 heavy (non-hydrogen) atoms. The summed E-state index contributed by atoms with van der Waals surface area (Å²) < 4.78 is 5.80. The minimum Gasteiger partial charge on any atom is -0.487 e. The number of benzene rings is 1. The molecule has 1 aromatic heterocycles. The van der Waals surface area contributed by atoms with Crippen LogP contribution >= 0.6 is 11.3 Å². The first-order valence-electron chi connectivity index (χ1n) is 7.60. The van der Waals surface area contributed by atoms with E-state index in [0.29, 0.717) is 12.5 Å². The van der Waals surface area contributed by atoms with Gasteiger partial charge in [0.1, 0.15) is 12.4 Å². The topological polar surface area (TPSA) is 34.1 Å². The van der Waals surface area contributed by atoms with Gasteiger partial charge in [0.05, 0.1) is 10.7 Å². The Morgan fingerprint density at radius 3 is 2.67 bits per heavy atom. The molecule has 1 heterocycles. The van der Waals surface area contributed by atoms with Gasteiger partial charge in [-0.1, -0.05) is 26.0 Å². The lowest BCUT2D eigenvalue weighted by molar-refractivity contribution is 0.301. The molecule has 0 bridgehead atoms. The van der Waals surface area contributed by atoms with Gasteiger partial charge in [-0.15, -0.1) is 11.3 Å². The number of hydrogen-bond donors (Lipinski definition) is 1. The molecule has 3 nitrogen and oxygen atoms in total. The van der Waals surface area contributed by atoms with Gasteiger partial charge in [0.25, 0.3) is 0 Å². The van der Waals surface area contributed by atoms with Crippen molar-refractivity contribution in [2.24, 2.45) is 0 Å². The maximum Gasteiger partial charge on any atom is 0.131 e. The van der Waals surface area contributed by atoms with E-state index in [9.17, 15) is 0 Å². The van der Waals surface area contributed by atoms with Crippen LogP contribution in [0.1, 0.15) is 48.9 Å². The predicted molar refractivity (Wildman–Crippen MR) is 86.8 cm³/mol. The lowest BCUT2D eigenvalue weighted by Crippen LogP contribution is -2.15. The monoisotopic (exact) mass is 302 g/mol. The van der Waals surface area contributed by atoms with Crippen molar-refractivity contribution >= 4 is 11.3 Å². The number of ether oxygens (including phenoxy) is 1. The van der Waals surface area contributed by atoms with Gasteiger partial charge in [-0.3, -0.25) is 0 Å². The Balaban J connectivity index is 1.49. The summed E-state index contributed by atoms with van der Waals surface area (Å²) in [5.41, 5.74) is 2.33. The van der Waals surface area contributed by atoms with Crippen LogP contribution in [0.5, 0.6) is 5.75 Å². The van der Waals surface area contributed by atoms with Gasteiger partial charge in [-0.2, -0.15) is 0 Å². The molecule has 112 valence electrons. The number of nitrogens with one attached hydrogen (secondary N) is 1. The third kappa shape index (κ3) is 4.29. The number of aromatic nitrogens is 1. The highest BCUT2D eigenvalue weighted by Crippen LogP contribution is 2.21. The van der Waals surface area contributed by atoms with Crippen molar-refractivity contribution < 1.29 is 4.74 Å². The third-order valence-electron chi connectivity index (χ3n) is 3.55. The zero-order chi connectivity index (χ0) is 14.7. The van der Waals surface area contributed by atoms with Crippen molar-refractivity contribution in [2.45, 2.75) is 51.8 Å². The maximum absolute atomic E-state index is 5.80. The van der Waals surface area contributed by atoms with Gasteiger partial charge in [0.15, 0.2) is 0 Å². The Bertz CT molecular complexity index is 573. The summed E-state index contributed by atoms with van der Waals surface area (Å²) >= 11 is 1.71. The van der Waals surface area contributed by atoms with E-state index in [1.54, 1.807) is 11.3 Å². The molecule has 1 N–H and O–H groups in total. The van der Waals surface area contributed by atoms with Crippen LogP contribution in [0.4, 0.5) is 0 Å². The molecule has 0 aliphatic heterocycles. The minimum atomic E-state index is 0.488. The molecule has 1 aromatic carbocycles. The lowest BCUT2D eigenvalue weighted by atomic mass is 10.2. The molecule has 1 saturated carbocycles. The molecular weight excluding hydrogens is 280 g/mol. The number of hydrogen-bond acceptors (Lipinski definition) is 4. The Labute approximate surface area is 130 Å². The van der Waals surface area contributed by atoms with Crippen molar-refractivity contribution in [2.75, 3.05) is 0 Å². The van der Waals surface area contributed by atoms with E-state index < -0.39 is 0 Å². The fourth-order valence-corrected chi connectivity index (χ4v) is 2.88. The van der Waals surface area contributed by atoms with Gasteiger partial charge >= 0.3 is 0 Å². The first-order valence-corrected chi connectivity index (χ1v) is 8.48. The molecule has 0 radical (unpaired) electrons. The molecule has 1 aliphatic carbocycles. The molecule has 3 rings (SSSR count). The van der Waals surface area contributed by atoms with E-state index >= 15 is 0 Å². The molecule has 0 amide bonds. The Kier molecular flexibility index (Phi) is 4.56. The van der Waals surface area contributed by atoms with Gasteiger partial charge in [0, 0.05) is 23.9 Å². The maximum atomic E-state index is 5.80. The second-order valence-corrected chi connectivity index (χ2v) is 6.81. The number of nitrogens with zero attached hydrogens (tertiary/aromatic N) is 1. The molecule has 0 saturated heterocycles. The molecule has 1 aliphatic rings. The van der Waals surface area contributed by atoms with Crippen LogP contribution in [0.15, 0.2) is 29.6 Å². The van der Waals surface area contributed by atoms with Crippen molar-refractivity contribution in [1.82, 2.24) is 10.3 Å². The van der Waals surface area contributed by atoms with Gasteiger partial charge in [-0.05, 0) is 30.5 Å². The first-order chi connectivity index (χ1) is 10.2. The van der Waals surface area contributed by atoms with Crippen LogP contribution in [-0.2, 0) is 13.2 Å². The van der Waals surface area contributed by atoms with Crippen LogP contribution in [-0.4, -0.2) is 11.0 Å². The summed E-state index contributed by atoms with van der Waals surface area (Å²) in [6.45, 7) is 5.83. The van der Waals surface area contributed by atoms with Crippen molar-refractivity contribution in [1.29, 1.82) is 0 Å². The Morgan fingerprint density at radius 2 is 2.05 bits per heavy atom.